The lowest BCUT2D eigenvalue weighted by Crippen LogP contribution is -2.54. The summed E-state index contributed by atoms with van der Waals surface area (Å²) in [5, 5.41) is 3.98. The fourth-order valence-corrected chi connectivity index (χ4v) is 4.64. The largest absolute Gasteiger partial charge is 0.309 e. The van der Waals surface area contributed by atoms with E-state index in [2.05, 4.69) is 26.1 Å². The van der Waals surface area contributed by atoms with Crippen LogP contribution in [0.2, 0.25) is 0 Å². The van der Waals surface area contributed by atoms with Crippen molar-refractivity contribution in [2.24, 2.45) is 11.8 Å². The molecule has 1 aliphatic carbocycles. The van der Waals surface area contributed by atoms with E-state index < -0.39 is 0 Å². The number of hydrogen-bond donors (Lipinski definition) is 1. The highest BCUT2D eigenvalue weighted by Gasteiger charge is 2.35. The van der Waals surface area contributed by atoms with E-state index in [1.54, 1.807) is 0 Å². The molecule has 3 unspecified atom stereocenters. The minimum absolute atomic E-state index is 0.367. The number of rotatable bonds is 0. The van der Waals surface area contributed by atoms with Crippen LogP contribution in [0.5, 0.6) is 0 Å². The summed E-state index contributed by atoms with van der Waals surface area (Å²) >= 11 is 0. The maximum Gasteiger partial charge on any atom is 0.0155 e. The number of nitrogens with one attached hydrogen (secondary N) is 1. The van der Waals surface area contributed by atoms with Crippen LogP contribution in [-0.2, 0) is 0 Å². The van der Waals surface area contributed by atoms with Crippen LogP contribution in [0.3, 0.4) is 0 Å². The maximum atomic E-state index is 3.98. The van der Waals surface area contributed by atoms with E-state index in [4.69, 9.17) is 0 Å². The predicted molar refractivity (Wildman–Crippen MR) is 93.7 cm³/mol. The van der Waals surface area contributed by atoms with Crippen molar-refractivity contribution < 1.29 is 0 Å². The van der Waals surface area contributed by atoms with Crippen molar-refractivity contribution in [1.29, 1.82) is 0 Å². The van der Waals surface area contributed by atoms with E-state index >= 15 is 0 Å². The molecular formula is C20H39N. The number of hydrogen-bond acceptors (Lipinski definition) is 1. The molecule has 1 heteroatoms. The van der Waals surface area contributed by atoms with Crippen molar-refractivity contribution in [3.05, 3.63) is 0 Å². The second-order valence-electron chi connectivity index (χ2n) is 8.57. The van der Waals surface area contributed by atoms with E-state index in [0.29, 0.717) is 5.54 Å². The van der Waals surface area contributed by atoms with Gasteiger partial charge in [0.15, 0.2) is 0 Å². The Balaban J connectivity index is 1.86. The van der Waals surface area contributed by atoms with Crippen molar-refractivity contribution in [2.45, 2.75) is 116 Å². The summed E-state index contributed by atoms with van der Waals surface area (Å²) in [7, 11) is 0. The Labute approximate surface area is 133 Å². The van der Waals surface area contributed by atoms with Crippen LogP contribution in [0.1, 0.15) is 104 Å². The predicted octanol–water partition coefficient (Wildman–Crippen LogP) is 6.07. The lowest BCUT2D eigenvalue weighted by molar-refractivity contribution is 0.137. The molecule has 21 heavy (non-hydrogen) atoms. The molecule has 2 aliphatic heterocycles. The zero-order valence-electron chi connectivity index (χ0n) is 14.9. The van der Waals surface area contributed by atoms with Crippen LogP contribution in [0.15, 0.2) is 0 Å². The van der Waals surface area contributed by atoms with Crippen molar-refractivity contribution >= 4 is 0 Å². The first-order chi connectivity index (χ1) is 10.1. The van der Waals surface area contributed by atoms with Crippen molar-refractivity contribution in [3.8, 4) is 0 Å². The van der Waals surface area contributed by atoms with Crippen molar-refractivity contribution in [2.75, 3.05) is 0 Å². The molecule has 1 N–H and O–H groups in total. The van der Waals surface area contributed by atoms with Crippen LogP contribution in [0.4, 0.5) is 0 Å². The van der Waals surface area contributed by atoms with Crippen molar-refractivity contribution in [1.82, 2.24) is 5.32 Å². The SMILES string of the molecule is CC1CCCCCCCC2CCC(CCCC1)C(C)(C)N2. The minimum atomic E-state index is 0.367. The average molecular weight is 294 g/mol. The number of piperidine rings is 1. The van der Waals surface area contributed by atoms with Crippen LogP contribution < -0.4 is 5.32 Å². The second-order valence-corrected chi connectivity index (χ2v) is 8.57. The van der Waals surface area contributed by atoms with Gasteiger partial charge >= 0.3 is 0 Å². The van der Waals surface area contributed by atoms with Gasteiger partial charge in [-0.3, -0.25) is 0 Å². The average Bonchev–Trinajstić information content (AvgIpc) is 2.42. The molecule has 2 heterocycles. The highest BCUT2D eigenvalue weighted by Crippen LogP contribution is 2.34. The smallest absolute Gasteiger partial charge is 0.0155 e. The van der Waals surface area contributed by atoms with Gasteiger partial charge in [0.1, 0.15) is 0 Å². The van der Waals surface area contributed by atoms with E-state index in [1.165, 1.54) is 83.5 Å². The summed E-state index contributed by atoms with van der Waals surface area (Å²) in [6.45, 7) is 7.38. The lowest BCUT2D eigenvalue weighted by atomic mass is 9.75. The third-order valence-corrected chi connectivity index (χ3v) is 6.21. The molecule has 0 amide bonds. The first-order valence-corrected chi connectivity index (χ1v) is 9.85. The molecule has 0 aromatic heterocycles. The molecule has 3 fully saturated rings. The zero-order chi connectivity index (χ0) is 15.1. The molecular weight excluding hydrogens is 254 g/mol. The van der Waals surface area contributed by atoms with Gasteiger partial charge in [0.05, 0.1) is 0 Å². The van der Waals surface area contributed by atoms with Gasteiger partial charge in [-0.15, -0.1) is 0 Å². The molecule has 3 atom stereocenters. The molecule has 3 rings (SSSR count). The minimum Gasteiger partial charge on any atom is -0.309 e. The van der Waals surface area contributed by atoms with Crippen LogP contribution in [-0.4, -0.2) is 11.6 Å². The topological polar surface area (TPSA) is 12.0 Å². The molecule has 2 saturated heterocycles. The Bertz CT molecular complexity index is 282. The lowest BCUT2D eigenvalue weighted by Gasteiger charge is -2.44. The summed E-state index contributed by atoms with van der Waals surface area (Å²) in [6, 6.07) is 0.796. The zero-order valence-corrected chi connectivity index (χ0v) is 14.9. The standard InChI is InChI=1S/C20H39N/c1-17-11-7-5-4-6-8-14-19-16-15-18(13-10-9-12-17)20(2,3)21-19/h17-19,21H,4-16H2,1-3H3. The fourth-order valence-electron chi connectivity index (χ4n) is 4.64. The summed E-state index contributed by atoms with van der Waals surface area (Å²) < 4.78 is 0. The van der Waals surface area contributed by atoms with Crippen LogP contribution in [0, 0.1) is 11.8 Å². The Morgan fingerprint density at radius 3 is 1.95 bits per heavy atom. The van der Waals surface area contributed by atoms with E-state index in [1.807, 2.05) is 0 Å². The van der Waals surface area contributed by atoms with Gasteiger partial charge < -0.3 is 5.32 Å². The molecule has 0 spiro atoms. The first-order valence-electron chi connectivity index (χ1n) is 9.85. The van der Waals surface area contributed by atoms with Crippen molar-refractivity contribution in [3.63, 3.8) is 0 Å². The molecule has 0 aromatic carbocycles. The Hall–Kier alpha value is -0.0400. The van der Waals surface area contributed by atoms with Gasteiger partial charge in [0.25, 0.3) is 0 Å². The third kappa shape index (κ3) is 5.93. The van der Waals surface area contributed by atoms with Gasteiger partial charge in [-0.2, -0.15) is 0 Å². The molecule has 2 bridgehead atoms. The number of fused-ring (bicyclic) bond motifs is 13. The monoisotopic (exact) mass is 293 g/mol. The first kappa shape index (κ1) is 17.3. The van der Waals surface area contributed by atoms with Crippen LogP contribution >= 0.6 is 0 Å². The van der Waals surface area contributed by atoms with Gasteiger partial charge in [-0.1, -0.05) is 64.7 Å². The third-order valence-electron chi connectivity index (χ3n) is 6.21. The van der Waals surface area contributed by atoms with Gasteiger partial charge in [-0.05, 0) is 51.4 Å². The molecule has 3 aliphatic rings. The van der Waals surface area contributed by atoms with E-state index in [9.17, 15) is 0 Å². The Kier molecular flexibility index (Phi) is 7.05. The van der Waals surface area contributed by atoms with Crippen LogP contribution in [0.25, 0.3) is 0 Å². The van der Waals surface area contributed by atoms with Gasteiger partial charge in [-0.25, -0.2) is 0 Å². The highest BCUT2D eigenvalue weighted by molar-refractivity contribution is 4.93. The summed E-state index contributed by atoms with van der Waals surface area (Å²) in [5.41, 5.74) is 0.367. The van der Waals surface area contributed by atoms with E-state index in [0.717, 1.165) is 17.9 Å². The second kappa shape index (κ2) is 8.56. The quantitative estimate of drug-likeness (QED) is 0.571. The van der Waals surface area contributed by atoms with Gasteiger partial charge in [0, 0.05) is 11.6 Å². The molecule has 124 valence electrons. The summed E-state index contributed by atoms with van der Waals surface area (Å²) in [6.07, 6.45) is 18.9. The Morgan fingerprint density at radius 1 is 0.667 bits per heavy atom. The molecule has 1 nitrogen and oxygen atoms in total. The Morgan fingerprint density at radius 2 is 1.24 bits per heavy atom. The fraction of sp³-hybridized carbons (Fsp3) is 1.00. The molecule has 0 radical (unpaired) electrons. The van der Waals surface area contributed by atoms with E-state index in [-0.39, 0.29) is 0 Å². The summed E-state index contributed by atoms with van der Waals surface area (Å²) in [5.74, 6) is 1.86. The normalized spacial score (nSPS) is 36.4. The summed E-state index contributed by atoms with van der Waals surface area (Å²) in [4.78, 5) is 0. The maximum absolute atomic E-state index is 3.98. The highest BCUT2D eigenvalue weighted by atomic mass is 15.0. The molecule has 0 aromatic rings. The van der Waals surface area contributed by atoms with Gasteiger partial charge in [0.2, 0.25) is 0 Å². The molecule has 1 saturated carbocycles.